The Labute approximate surface area is 130 Å². The molecule has 0 saturated carbocycles. The largest absolute Gasteiger partial charge is 0.368 e. The van der Waals surface area contributed by atoms with E-state index in [1.165, 1.54) is 5.69 Å². The summed E-state index contributed by atoms with van der Waals surface area (Å²) in [6.45, 7) is 3.34. The number of halogens is 1. The molecule has 1 saturated heterocycles. The molecule has 3 nitrogen and oxygen atoms in total. The van der Waals surface area contributed by atoms with Crippen LogP contribution in [0, 0.1) is 0 Å². The monoisotopic (exact) mass is 350 g/mol. The predicted octanol–water partition coefficient (Wildman–Crippen LogP) is 3.47. The summed E-state index contributed by atoms with van der Waals surface area (Å²) >= 11 is 4.96. The van der Waals surface area contributed by atoms with Gasteiger partial charge in [-0.1, -0.05) is 18.2 Å². The number of thiophene rings is 1. The minimum atomic E-state index is 0.139. The number of nitrogens with zero attached hydrogens (tertiary/aromatic N) is 2. The van der Waals surface area contributed by atoms with Gasteiger partial charge in [-0.2, -0.15) is 0 Å². The number of hydrogen-bond donors (Lipinski definition) is 0. The molecule has 0 N–H and O–H groups in total. The number of piperazine rings is 1. The molecule has 1 amide bonds. The number of anilines is 1. The van der Waals surface area contributed by atoms with Crippen molar-refractivity contribution < 1.29 is 4.79 Å². The molecule has 3 rings (SSSR count). The van der Waals surface area contributed by atoms with E-state index in [0.717, 1.165) is 35.5 Å². The number of carbonyl (C=O) groups is 1. The summed E-state index contributed by atoms with van der Waals surface area (Å²) in [6.07, 6.45) is 0. The highest BCUT2D eigenvalue weighted by molar-refractivity contribution is 9.11. The maximum absolute atomic E-state index is 12.3. The molecule has 1 aliphatic heterocycles. The van der Waals surface area contributed by atoms with E-state index < -0.39 is 0 Å². The second-order valence-electron chi connectivity index (χ2n) is 4.75. The first-order valence-electron chi connectivity index (χ1n) is 6.57. The van der Waals surface area contributed by atoms with Gasteiger partial charge in [0.15, 0.2) is 0 Å². The lowest BCUT2D eigenvalue weighted by molar-refractivity contribution is 0.0747. The van der Waals surface area contributed by atoms with Gasteiger partial charge in [0, 0.05) is 37.2 Å². The maximum Gasteiger partial charge on any atom is 0.254 e. The molecule has 0 bridgehead atoms. The Hall–Kier alpha value is -1.33. The molecule has 0 spiro atoms. The fourth-order valence-electron chi connectivity index (χ4n) is 2.41. The second-order valence-corrected chi connectivity index (χ2v) is 7.04. The Kier molecular flexibility index (Phi) is 4.08. The summed E-state index contributed by atoms with van der Waals surface area (Å²) in [5.74, 6) is 0.139. The van der Waals surface area contributed by atoms with Gasteiger partial charge in [0.05, 0.1) is 9.35 Å². The van der Waals surface area contributed by atoms with Crippen LogP contribution in [0.15, 0.2) is 45.6 Å². The Morgan fingerprint density at radius 3 is 2.40 bits per heavy atom. The van der Waals surface area contributed by atoms with Crippen molar-refractivity contribution in [3.8, 4) is 0 Å². The molecule has 1 aliphatic rings. The third-order valence-corrected chi connectivity index (χ3v) is 5.01. The number of hydrogen-bond acceptors (Lipinski definition) is 3. The van der Waals surface area contributed by atoms with E-state index in [4.69, 9.17) is 0 Å². The number of benzene rings is 1. The van der Waals surface area contributed by atoms with E-state index in [1.54, 1.807) is 11.3 Å². The van der Waals surface area contributed by atoms with Crippen molar-refractivity contribution in [1.82, 2.24) is 4.90 Å². The topological polar surface area (TPSA) is 23.6 Å². The van der Waals surface area contributed by atoms with E-state index >= 15 is 0 Å². The normalized spacial score (nSPS) is 15.4. The van der Waals surface area contributed by atoms with Crippen LogP contribution in [-0.2, 0) is 0 Å². The third kappa shape index (κ3) is 2.88. The summed E-state index contributed by atoms with van der Waals surface area (Å²) in [7, 11) is 0. The summed E-state index contributed by atoms with van der Waals surface area (Å²) in [5, 5.41) is 1.91. The molecule has 0 unspecified atom stereocenters. The highest BCUT2D eigenvalue weighted by Crippen LogP contribution is 2.23. The van der Waals surface area contributed by atoms with Crippen LogP contribution in [0.2, 0.25) is 0 Å². The van der Waals surface area contributed by atoms with Gasteiger partial charge in [0.25, 0.3) is 5.91 Å². The van der Waals surface area contributed by atoms with E-state index in [1.807, 2.05) is 22.4 Å². The molecule has 0 atom stereocenters. The van der Waals surface area contributed by atoms with E-state index in [-0.39, 0.29) is 5.91 Å². The van der Waals surface area contributed by atoms with Crippen molar-refractivity contribution in [3.63, 3.8) is 0 Å². The van der Waals surface area contributed by atoms with Crippen LogP contribution in [0.5, 0.6) is 0 Å². The molecule has 1 aromatic carbocycles. The molecule has 5 heteroatoms. The van der Waals surface area contributed by atoms with Crippen molar-refractivity contribution in [1.29, 1.82) is 0 Å². The zero-order valence-electron chi connectivity index (χ0n) is 11.0. The van der Waals surface area contributed by atoms with Crippen LogP contribution >= 0.6 is 27.3 Å². The van der Waals surface area contributed by atoms with Crippen molar-refractivity contribution in [2.45, 2.75) is 0 Å². The second kappa shape index (κ2) is 5.97. The molecule has 2 aromatic rings. The molecule has 0 radical (unpaired) electrons. The summed E-state index contributed by atoms with van der Waals surface area (Å²) in [5.41, 5.74) is 2.02. The van der Waals surface area contributed by atoms with Crippen LogP contribution in [0.1, 0.15) is 10.4 Å². The van der Waals surface area contributed by atoms with Crippen LogP contribution in [0.3, 0.4) is 0 Å². The van der Waals surface area contributed by atoms with Gasteiger partial charge in [0.1, 0.15) is 0 Å². The Bertz CT molecular complexity index is 591. The minimum Gasteiger partial charge on any atom is -0.368 e. The van der Waals surface area contributed by atoms with Crippen LogP contribution in [0.4, 0.5) is 5.69 Å². The smallest absolute Gasteiger partial charge is 0.254 e. The zero-order valence-corrected chi connectivity index (χ0v) is 13.4. The van der Waals surface area contributed by atoms with Crippen molar-refractivity contribution in [3.05, 3.63) is 51.1 Å². The molecule has 1 fully saturated rings. The first-order valence-corrected chi connectivity index (χ1v) is 8.24. The molecule has 1 aromatic heterocycles. The van der Waals surface area contributed by atoms with Gasteiger partial charge < -0.3 is 9.80 Å². The van der Waals surface area contributed by atoms with E-state index in [9.17, 15) is 4.79 Å². The molecular formula is C15H15BrN2OS. The quantitative estimate of drug-likeness (QED) is 0.827. The number of amides is 1. The maximum atomic E-state index is 12.3. The van der Waals surface area contributed by atoms with Crippen LogP contribution < -0.4 is 4.90 Å². The highest BCUT2D eigenvalue weighted by Gasteiger charge is 2.22. The summed E-state index contributed by atoms with van der Waals surface area (Å²) < 4.78 is 1.00. The Balaban J connectivity index is 1.63. The van der Waals surface area contributed by atoms with Gasteiger partial charge in [-0.05, 0) is 34.1 Å². The molecule has 104 valence electrons. The van der Waals surface area contributed by atoms with Crippen molar-refractivity contribution in [2.75, 3.05) is 31.1 Å². The standard InChI is InChI=1S/C15H15BrN2OS/c16-14-10-12(11-20-14)15(19)18-8-6-17(7-9-18)13-4-2-1-3-5-13/h1-5,10-11H,6-9H2. The lowest BCUT2D eigenvalue weighted by Crippen LogP contribution is -2.48. The van der Waals surface area contributed by atoms with Crippen LogP contribution in [0.25, 0.3) is 0 Å². The number of carbonyl (C=O) groups excluding carboxylic acids is 1. The molecular weight excluding hydrogens is 336 g/mol. The SMILES string of the molecule is O=C(c1csc(Br)c1)N1CCN(c2ccccc2)CC1. The zero-order chi connectivity index (χ0) is 13.9. The van der Waals surface area contributed by atoms with Gasteiger partial charge in [-0.15, -0.1) is 11.3 Å². The fourth-order valence-corrected chi connectivity index (χ4v) is 3.54. The summed E-state index contributed by atoms with van der Waals surface area (Å²) in [6, 6.07) is 12.3. The molecule has 2 heterocycles. The fraction of sp³-hybridized carbons (Fsp3) is 0.267. The number of para-hydroxylation sites is 1. The van der Waals surface area contributed by atoms with E-state index in [2.05, 4.69) is 45.1 Å². The minimum absolute atomic E-state index is 0.139. The number of rotatable bonds is 2. The third-order valence-electron chi connectivity index (χ3n) is 3.50. The Morgan fingerprint density at radius 2 is 1.80 bits per heavy atom. The van der Waals surface area contributed by atoms with Gasteiger partial charge >= 0.3 is 0 Å². The first kappa shape index (κ1) is 13.6. The summed E-state index contributed by atoms with van der Waals surface area (Å²) in [4.78, 5) is 16.6. The Morgan fingerprint density at radius 1 is 1.10 bits per heavy atom. The van der Waals surface area contributed by atoms with Crippen molar-refractivity contribution in [2.24, 2.45) is 0 Å². The van der Waals surface area contributed by atoms with Gasteiger partial charge in [-0.25, -0.2) is 0 Å². The average molecular weight is 351 g/mol. The predicted molar refractivity (Wildman–Crippen MR) is 86.6 cm³/mol. The van der Waals surface area contributed by atoms with Crippen molar-refractivity contribution >= 4 is 38.9 Å². The average Bonchev–Trinajstić information content (AvgIpc) is 2.94. The lowest BCUT2D eigenvalue weighted by Gasteiger charge is -2.36. The van der Waals surface area contributed by atoms with Crippen LogP contribution in [-0.4, -0.2) is 37.0 Å². The van der Waals surface area contributed by atoms with E-state index in [0.29, 0.717) is 0 Å². The highest BCUT2D eigenvalue weighted by atomic mass is 79.9. The molecule has 20 heavy (non-hydrogen) atoms. The van der Waals surface area contributed by atoms with Gasteiger partial charge in [-0.3, -0.25) is 4.79 Å². The molecule has 0 aliphatic carbocycles. The first-order chi connectivity index (χ1) is 9.74. The lowest BCUT2D eigenvalue weighted by atomic mass is 10.2. The van der Waals surface area contributed by atoms with Gasteiger partial charge in [0.2, 0.25) is 0 Å².